The molecule has 0 heterocycles. The molecular formula is C10H16O2. The SMILES string of the molecule is CC(=CC(=O)O)CC1CCCC1. The molecule has 12 heavy (non-hydrogen) atoms. The maximum absolute atomic E-state index is 10.3. The van der Waals surface area contributed by atoms with Crippen LogP contribution in [0.3, 0.4) is 0 Å². The highest BCUT2D eigenvalue weighted by Gasteiger charge is 2.15. The third-order valence-corrected chi connectivity index (χ3v) is 2.46. The van der Waals surface area contributed by atoms with E-state index in [2.05, 4.69) is 0 Å². The van der Waals surface area contributed by atoms with Crippen LogP contribution in [0.5, 0.6) is 0 Å². The minimum atomic E-state index is -0.814. The summed E-state index contributed by atoms with van der Waals surface area (Å²) in [4.78, 5) is 10.3. The third kappa shape index (κ3) is 3.07. The van der Waals surface area contributed by atoms with Crippen LogP contribution >= 0.6 is 0 Å². The van der Waals surface area contributed by atoms with Gasteiger partial charge in [0.25, 0.3) is 0 Å². The van der Waals surface area contributed by atoms with E-state index < -0.39 is 5.97 Å². The molecule has 2 heteroatoms. The Morgan fingerprint density at radius 3 is 2.58 bits per heavy atom. The Morgan fingerprint density at radius 2 is 2.08 bits per heavy atom. The van der Waals surface area contributed by atoms with Crippen molar-refractivity contribution in [1.82, 2.24) is 0 Å². The van der Waals surface area contributed by atoms with Crippen molar-refractivity contribution in [2.75, 3.05) is 0 Å². The summed E-state index contributed by atoms with van der Waals surface area (Å²) >= 11 is 0. The van der Waals surface area contributed by atoms with E-state index in [1.54, 1.807) is 0 Å². The second kappa shape index (κ2) is 4.29. The number of carboxylic acids is 1. The molecule has 0 aromatic carbocycles. The zero-order chi connectivity index (χ0) is 8.97. The van der Waals surface area contributed by atoms with Crippen LogP contribution in [0.25, 0.3) is 0 Å². The maximum Gasteiger partial charge on any atom is 0.328 e. The van der Waals surface area contributed by atoms with E-state index in [9.17, 15) is 4.79 Å². The molecule has 0 aliphatic heterocycles. The molecule has 0 spiro atoms. The Morgan fingerprint density at radius 1 is 1.50 bits per heavy atom. The molecule has 0 radical (unpaired) electrons. The van der Waals surface area contributed by atoms with Gasteiger partial charge in [-0.05, 0) is 19.3 Å². The summed E-state index contributed by atoms with van der Waals surface area (Å²) < 4.78 is 0. The van der Waals surface area contributed by atoms with Crippen molar-refractivity contribution in [3.8, 4) is 0 Å². The summed E-state index contributed by atoms with van der Waals surface area (Å²) in [5.41, 5.74) is 1.01. The van der Waals surface area contributed by atoms with Gasteiger partial charge in [0, 0.05) is 6.08 Å². The highest BCUT2D eigenvalue weighted by Crippen LogP contribution is 2.29. The van der Waals surface area contributed by atoms with Gasteiger partial charge in [-0.25, -0.2) is 4.79 Å². The summed E-state index contributed by atoms with van der Waals surface area (Å²) in [6.45, 7) is 1.91. The normalized spacial score (nSPS) is 19.9. The lowest BCUT2D eigenvalue weighted by Gasteiger charge is -2.07. The molecule has 0 aromatic rings. The van der Waals surface area contributed by atoms with E-state index in [-0.39, 0.29) is 0 Å². The first-order valence-electron chi connectivity index (χ1n) is 4.58. The lowest BCUT2D eigenvalue weighted by Crippen LogP contribution is -1.96. The molecule has 0 unspecified atom stereocenters. The molecule has 0 atom stereocenters. The molecule has 1 fully saturated rings. The van der Waals surface area contributed by atoms with E-state index in [1.165, 1.54) is 31.8 Å². The molecule has 0 saturated heterocycles. The molecule has 1 aliphatic carbocycles. The van der Waals surface area contributed by atoms with Gasteiger partial charge in [-0.3, -0.25) is 0 Å². The highest BCUT2D eigenvalue weighted by atomic mass is 16.4. The Balaban J connectivity index is 2.34. The first kappa shape index (κ1) is 9.30. The number of aliphatic carboxylic acids is 1. The number of carbonyl (C=O) groups is 1. The standard InChI is InChI=1S/C10H16O2/c1-8(7-10(11)12)6-9-4-2-3-5-9/h7,9H,2-6H2,1H3,(H,11,12). The van der Waals surface area contributed by atoms with Gasteiger partial charge in [0.15, 0.2) is 0 Å². The van der Waals surface area contributed by atoms with Crippen LogP contribution in [0.2, 0.25) is 0 Å². The van der Waals surface area contributed by atoms with Gasteiger partial charge in [0.1, 0.15) is 0 Å². The zero-order valence-electron chi connectivity index (χ0n) is 7.55. The van der Waals surface area contributed by atoms with Gasteiger partial charge >= 0.3 is 5.97 Å². The Labute approximate surface area is 73.3 Å². The van der Waals surface area contributed by atoms with Gasteiger partial charge in [0.2, 0.25) is 0 Å². The molecule has 0 aromatic heterocycles. The fraction of sp³-hybridized carbons (Fsp3) is 0.700. The van der Waals surface area contributed by atoms with Crippen LogP contribution in [-0.4, -0.2) is 11.1 Å². The largest absolute Gasteiger partial charge is 0.478 e. The van der Waals surface area contributed by atoms with Gasteiger partial charge in [-0.2, -0.15) is 0 Å². The summed E-state index contributed by atoms with van der Waals surface area (Å²) in [6.07, 6.45) is 7.52. The van der Waals surface area contributed by atoms with Crippen LogP contribution in [0.15, 0.2) is 11.6 Å². The molecule has 68 valence electrons. The Bertz CT molecular complexity index is 188. The molecule has 0 amide bonds. The number of hydrogen-bond donors (Lipinski definition) is 1. The summed E-state index contributed by atoms with van der Waals surface area (Å²) in [6, 6.07) is 0. The van der Waals surface area contributed by atoms with Crippen molar-refractivity contribution in [3.63, 3.8) is 0 Å². The van der Waals surface area contributed by atoms with E-state index in [0.29, 0.717) is 0 Å². The average Bonchev–Trinajstić information content (AvgIpc) is 2.37. The van der Waals surface area contributed by atoms with Gasteiger partial charge < -0.3 is 5.11 Å². The molecular weight excluding hydrogens is 152 g/mol. The summed E-state index contributed by atoms with van der Waals surface area (Å²) in [5, 5.41) is 8.48. The van der Waals surface area contributed by atoms with Crippen molar-refractivity contribution in [2.45, 2.75) is 39.0 Å². The van der Waals surface area contributed by atoms with E-state index in [0.717, 1.165) is 17.9 Å². The summed E-state index contributed by atoms with van der Waals surface area (Å²) in [7, 11) is 0. The zero-order valence-corrected chi connectivity index (χ0v) is 7.55. The topological polar surface area (TPSA) is 37.3 Å². The van der Waals surface area contributed by atoms with Crippen LogP contribution in [-0.2, 0) is 4.79 Å². The van der Waals surface area contributed by atoms with E-state index in [1.807, 2.05) is 6.92 Å². The quantitative estimate of drug-likeness (QED) is 0.658. The molecule has 2 nitrogen and oxygen atoms in total. The average molecular weight is 168 g/mol. The van der Waals surface area contributed by atoms with Crippen molar-refractivity contribution in [3.05, 3.63) is 11.6 Å². The fourth-order valence-corrected chi connectivity index (χ4v) is 1.94. The molecule has 1 saturated carbocycles. The van der Waals surface area contributed by atoms with Crippen LogP contribution in [0.1, 0.15) is 39.0 Å². The first-order chi connectivity index (χ1) is 5.68. The molecule has 0 bridgehead atoms. The number of allylic oxidation sites excluding steroid dienone is 1. The minimum absolute atomic E-state index is 0.751. The first-order valence-corrected chi connectivity index (χ1v) is 4.58. The predicted molar refractivity (Wildman–Crippen MR) is 48.0 cm³/mol. The van der Waals surface area contributed by atoms with E-state index >= 15 is 0 Å². The monoisotopic (exact) mass is 168 g/mol. The van der Waals surface area contributed by atoms with Gasteiger partial charge in [0.05, 0.1) is 0 Å². The van der Waals surface area contributed by atoms with Crippen LogP contribution < -0.4 is 0 Å². The smallest absolute Gasteiger partial charge is 0.328 e. The van der Waals surface area contributed by atoms with Crippen LogP contribution in [0.4, 0.5) is 0 Å². The second-order valence-corrected chi connectivity index (χ2v) is 3.68. The van der Waals surface area contributed by atoms with Crippen molar-refractivity contribution in [1.29, 1.82) is 0 Å². The maximum atomic E-state index is 10.3. The predicted octanol–water partition coefficient (Wildman–Crippen LogP) is 2.60. The van der Waals surface area contributed by atoms with Crippen molar-refractivity contribution >= 4 is 5.97 Å². The van der Waals surface area contributed by atoms with Crippen molar-refractivity contribution in [2.24, 2.45) is 5.92 Å². The number of rotatable bonds is 3. The van der Waals surface area contributed by atoms with Crippen LogP contribution in [0, 0.1) is 5.92 Å². The number of hydrogen-bond acceptors (Lipinski definition) is 1. The lowest BCUT2D eigenvalue weighted by molar-refractivity contribution is -0.131. The van der Waals surface area contributed by atoms with E-state index in [4.69, 9.17) is 5.11 Å². The molecule has 1 N–H and O–H groups in total. The molecule has 1 rings (SSSR count). The summed E-state index contributed by atoms with van der Waals surface area (Å²) in [5.74, 6) is -0.0638. The second-order valence-electron chi connectivity index (χ2n) is 3.68. The Hall–Kier alpha value is -0.790. The minimum Gasteiger partial charge on any atom is -0.478 e. The highest BCUT2D eigenvalue weighted by molar-refractivity contribution is 5.80. The Kier molecular flexibility index (Phi) is 3.32. The third-order valence-electron chi connectivity index (χ3n) is 2.46. The fourth-order valence-electron chi connectivity index (χ4n) is 1.94. The molecule has 1 aliphatic rings. The van der Waals surface area contributed by atoms with Crippen molar-refractivity contribution < 1.29 is 9.90 Å². The van der Waals surface area contributed by atoms with Gasteiger partial charge in [-0.1, -0.05) is 31.3 Å². The van der Waals surface area contributed by atoms with Gasteiger partial charge in [-0.15, -0.1) is 0 Å². The number of carboxylic acid groups (broad SMARTS) is 1. The lowest BCUT2D eigenvalue weighted by atomic mass is 9.99.